The van der Waals surface area contributed by atoms with Gasteiger partial charge in [-0.2, -0.15) is 0 Å². The Hall–Kier alpha value is -5.14. The third-order valence-corrected chi connectivity index (χ3v) is 7.99. The molecule has 2 N–H and O–H groups in total. The average Bonchev–Trinajstić information content (AvgIpc) is 3.04. The van der Waals surface area contributed by atoms with Crippen molar-refractivity contribution in [1.82, 2.24) is 0 Å². The largest absolute Gasteiger partial charge is 0.398 e. The molecule has 0 aliphatic heterocycles. The molecule has 1 nitrogen and oxygen atoms in total. The fourth-order valence-electron chi connectivity index (χ4n) is 5.79. The molecule has 6 rings (SSSR count). The van der Waals surface area contributed by atoms with Gasteiger partial charge in [-0.05, 0) is 82.0 Å². The molecule has 0 radical (unpaired) electrons. The molecule has 0 saturated carbocycles. The second-order valence-corrected chi connectivity index (χ2v) is 10.8. The average molecular weight is 542 g/mol. The topological polar surface area (TPSA) is 26.0 Å². The molecule has 42 heavy (non-hydrogen) atoms. The Bertz CT molecular complexity index is 1850. The normalized spacial score (nSPS) is 11.2. The number of rotatable bonds is 7. The van der Waals surface area contributed by atoms with Crippen LogP contribution in [0.5, 0.6) is 0 Å². The molecular weight excluding hydrogens is 506 g/mol. The summed E-state index contributed by atoms with van der Waals surface area (Å²) >= 11 is 0. The van der Waals surface area contributed by atoms with Gasteiger partial charge in [-0.1, -0.05) is 146 Å². The Labute approximate surface area is 249 Å². The molecule has 0 heterocycles. The van der Waals surface area contributed by atoms with Crippen molar-refractivity contribution in [2.45, 2.75) is 20.3 Å². The molecule has 0 aliphatic rings. The number of allylic oxidation sites excluding steroid dienone is 1. The molecular formula is C41H35N. The van der Waals surface area contributed by atoms with E-state index >= 15 is 0 Å². The van der Waals surface area contributed by atoms with Crippen LogP contribution in [-0.4, -0.2) is 0 Å². The highest BCUT2D eigenvalue weighted by Crippen LogP contribution is 2.40. The van der Waals surface area contributed by atoms with Gasteiger partial charge in [0.15, 0.2) is 0 Å². The van der Waals surface area contributed by atoms with Crippen LogP contribution in [0, 0.1) is 6.92 Å². The van der Waals surface area contributed by atoms with Crippen molar-refractivity contribution in [1.29, 1.82) is 0 Å². The molecule has 0 atom stereocenters. The van der Waals surface area contributed by atoms with E-state index < -0.39 is 0 Å². The minimum Gasteiger partial charge on any atom is -0.398 e. The first kappa shape index (κ1) is 27.1. The number of aryl methyl sites for hydroxylation is 1. The van der Waals surface area contributed by atoms with Gasteiger partial charge in [0, 0.05) is 16.8 Å². The van der Waals surface area contributed by atoms with Crippen molar-refractivity contribution < 1.29 is 0 Å². The van der Waals surface area contributed by atoms with E-state index in [2.05, 4.69) is 159 Å². The molecule has 0 saturated heterocycles. The summed E-state index contributed by atoms with van der Waals surface area (Å²) in [6.45, 7) is 4.23. The number of hydrogen-bond donors (Lipinski definition) is 1. The van der Waals surface area contributed by atoms with Crippen molar-refractivity contribution in [3.8, 4) is 44.5 Å². The second-order valence-electron chi connectivity index (χ2n) is 10.8. The summed E-state index contributed by atoms with van der Waals surface area (Å²) in [4.78, 5) is 0. The number of nitrogens with two attached hydrogens (primary N) is 1. The van der Waals surface area contributed by atoms with Crippen LogP contribution in [0.25, 0.3) is 50.6 Å². The quantitative estimate of drug-likeness (QED) is 0.200. The molecule has 6 aromatic carbocycles. The van der Waals surface area contributed by atoms with Crippen LogP contribution in [-0.2, 0) is 6.42 Å². The summed E-state index contributed by atoms with van der Waals surface area (Å²) in [5.41, 5.74) is 22.0. The minimum absolute atomic E-state index is 0.799. The van der Waals surface area contributed by atoms with Gasteiger partial charge in [-0.25, -0.2) is 0 Å². The summed E-state index contributed by atoms with van der Waals surface area (Å²) in [6, 6.07) is 49.8. The highest BCUT2D eigenvalue weighted by molar-refractivity contribution is 5.93. The minimum atomic E-state index is 0.799. The zero-order valence-corrected chi connectivity index (χ0v) is 24.2. The fourth-order valence-corrected chi connectivity index (χ4v) is 5.79. The first-order chi connectivity index (χ1) is 20.6. The molecule has 6 aromatic rings. The van der Waals surface area contributed by atoms with Crippen molar-refractivity contribution >= 4 is 11.8 Å². The maximum atomic E-state index is 6.93. The Morgan fingerprint density at radius 2 is 1.07 bits per heavy atom. The van der Waals surface area contributed by atoms with E-state index in [1.165, 1.54) is 38.9 Å². The van der Waals surface area contributed by atoms with Crippen molar-refractivity contribution in [3.63, 3.8) is 0 Å². The van der Waals surface area contributed by atoms with Gasteiger partial charge in [0.2, 0.25) is 0 Å². The standard InChI is InChI=1S/C41H35N/c1-3-12-39-36(25-26-37(41(39)42)33-23-20-31(21-24-33)27-30-13-6-4-7-14-30)34-22-19-29(2)40(28-34)38-18-11-10-17-35(38)32-15-8-5-9-16-32/h3-26,28H,27,42H2,1-2H3/b12-3-. The zero-order valence-electron chi connectivity index (χ0n) is 24.2. The van der Waals surface area contributed by atoms with E-state index in [-0.39, 0.29) is 0 Å². The molecule has 0 fully saturated rings. The van der Waals surface area contributed by atoms with Crippen LogP contribution < -0.4 is 5.73 Å². The van der Waals surface area contributed by atoms with Gasteiger partial charge in [0.25, 0.3) is 0 Å². The molecule has 0 aliphatic carbocycles. The van der Waals surface area contributed by atoms with Crippen LogP contribution in [0.3, 0.4) is 0 Å². The number of nitrogen functional groups attached to an aromatic ring is 1. The lowest BCUT2D eigenvalue weighted by atomic mass is 9.87. The van der Waals surface area contributed by atoms with E-state index in [4.69, 9.17) is 5.73 Å². The van der Waals surface area contributed by atoms with Gasteiger partial charge in [-0.15, -0.1) is 0 Å². The smallest absolute Gasteiger partial charge is 0.0473 e. The van der Waals surface area contributed by atoms with E-state index in [0.717, 1.165) is 39.9 Å². The third kappa shape index (κ3) is 5.55. The van der Waals surface area contributed by atoms with Crippen molar-refractivity contribution in [3.05, 3.63) is 168 Å². The molecule has 0 bridgehead atoms. The van der Waals surface area contributed by atoms with Gasteiger partial charge in [0.05, 0.1) is 0 Å². The number of anilines is 1. The summed E-state index contributed by atoms with van der Waals surface area (Å²) in [5, 5.41) is 0. The van der Waals surface area contributed by atoms with E-state index in [9.17, 15) is 0 Å². The Morgan fingerprint density at radius 3 is 1.79 bits per heavy atom. The second kappa shape index (κ2) is 12.2. The Morgan fingerprint density at radius 1 is 0.500 bits per heavy atom. The summed E-state index contributed by atoms with van der Waals surface area (Å²) in [7, 11) is 0. The van der Waals surface area contributed by atoms with Crippen LogP contribution in [0.1, 0.15) is 29.2 Å². The van der Waals surface area contributed by atoms with E-state index in [1.807, 2.05) is 6.92 Å². The predicted octanol–water partition coefficient (Wildman–Crippen LogP) is 10.9. The third-order valence-electron chi connectivity index (χ3n) is 7.99. The molecule has 0 amide bonds. The fraction of sp³-hybridized carbons (Fsp3) is 0.0732. The Kier molecular flexibility index (Phi) is 7.83. The zero-order chi connectivity index (χ0) is 28.9. The molecule has 0 spiro atoms. The maximum Gasteiger partial charge on any atom is 0.0473 e. The highest BCUT2D eigenvalue weighted by Gasteiger charge is 2.15. The molecule has 0 aromatic heterocycles. The van der Waals surface area contributed by atoms with Crippen LogP contribution in [0.4, 0.5) is 5.69 Å². The highest BCUT2D eigenvalue weighted by atomic mass is 14.6. The SMILES string of the molecule is C/C=C\c1c(-c2ccc(C)c(-c3ccccc3-c3ccccc3)c2)ccc(-c2ccc(Cc3ccccc3)cc2)c1N. The van der Waals surface area contributed by atoms with E-state index in [0.29, 0.717) is 0 Å². The lowest BCUT2D eigenvalue weighted by Crippen LogP contribution is -1.98. The van der Waals surface area contributed by atoms with Gasteiger partial charge >= 0.3 is 0 Å². The molecule has 0 unspecified atom stereocenters. The summed E-state index contributed by atoms with van der Waals surface area (Å²) in [5.74, 6) is 0. The van der Waals surface area contributed by atoms with E-state index in [1.54, 1.807) is 0 Å². The number of hydrogen-bond acceptors (Lipinski definition) is 1. The number of benzene rings is 6. The predicted molar refractivity (Wildman–Crippen MR) is 181 cm³/mol. The summed E-state index contributed by atoms with van der Waals surface area (Å²) < 4.78 is 0. The first-order valence-corrected chi connectivity index (χ1v) is 14.6. The molecule has 204 valence electrons. The van der Waals surface area contributed by atoms with Gasteiger partial charge in [0.1, 0.15) is 0 Å². The van der Waals surface area contributed by atoms with Gasteiger partial charge < -0.3 is 5.73 Å². The monoisotopic (exact) mass is 541 g/mol. The van der Waals surface area contributed by atoms with Crippen molar-refractivity contribution in [2.24, 2.45) is 0 Å². The maximum absolute atomic E-state index is 6.93. The lowest BCUT2D eigenvalue weighted by Gasteiger charge is -2.17. The molecule has 1 heteroatoms. The lowest BCUT2D eigenvalue weighted by molar-refractivity contribution is 1.19. The Balaban J connectivity index is 1.39. The first-order valence-electron chi connectivity index (χ1n) is 14.6. The van der Waals surface area contributed by atoms with Gasteiger partial charge in [-0.3, -0.25) is 0 Å². The summed E-state index contributed by atoms with van der Waals surface area (Å²) in [6.07, 6.45) is 5.12. The van der Waals surface area contributed by atoms with Crippen LogP contribution in [0.15, 0.2) is 146 Å². The van der Waals surface area contributed by atoms with Crippen molar-refractivity contribution in [2.75, 3.05) is 5.73 Å². The van der Waals surface area contributed by atoms with Crippen LogP contribution >= 0.6 is 0 Å². The van der Waals surface area contributed by atoms with Crippen LogP contribution in [0.2, 0.25) is 0 Å².